The predicted molar refractivity (Wildman–Crippen MR) is 488 cm³/mol. The Morgan fingerprint density at radius 2 is 0.565 bits per heavy atom. The molecule has 0 saturated carbocycles. The molecule has 21 rings (SSSR count). The highest BCUT2D eigenvalue weighted by Crippen LogP contribution is 2.50. The predicted octanol–water partition coefficient (Wildman–Crippen LogP) is 30.3. The molecule has 20 aromatic rings. The standard InChI is InChI=1S/C111H78N4/c1-111(115(97-51-26-43-87(71-97)78-33-10-4-11-34-78)98-52-28-45-91(73-98)108-100-54-17-15-35-88(100)74-105-109(108)101-55-18-20-57-103(101)113(105)92-46-12-5-13-47-92)65-63-80(64-66-111)82-38-23-40-84(68-82)83-39-22-37-81(67-83)79-59-61-93(62-60-79)114-104-58-21-19-56-102(104)110-106(114)75-89-36-14-16-53-99(89)107(110)90-44-27-50-96(72-90)112(94-48-24-41-85(69-94)76-29-6-2-7-30-76)95-49-25-42-86(70-95)77-31-8-3-9-32-77/h2-65,67-75H,66H2,1H3. The molecule has 0 aliphatic heterocycles. The summed E-state index contributed by atoms with van der Waals surface area (Å²) in [6.45, 7) is 2.40. The van der Waals surface area contributed by atoms with Crippen LogP contribution in [0, 0.1) is 0 Å². The fourth-order valence-corrected chi connectivity index (χ4v) is 18.1. The first-order valence-corrected chi connectivity index (χ1v) is 39.8. The van der Waals surface area contributed by atoms with E-state index < -0.39 is 5.54 Å². The van der Waals surface area contributed by atoms with E-state index in [2.05, 4.69) is 469 Å². The van der Waals surface area contributed by atoms with Crippen LogP contribution in [-0.4, -0.2) is 14.7 Å². The molecule has 2 aromatic heterocycles. The smallest absolute Gasteiger partial charge is 0.0643 e. The fraction of sp³-hybridized carbons (Fsp3) is 0.0270. The molecule has 0 amide bonds. The van der Waals surface area contributed by atoms with Crippen LogP contribution in [0.25, 0.3) is 160 Å². The van der Waals surface area contributed by atoms with Crippen LogP contribution in [0.3, 0.4) is 0 Å². The minimum absolute atomic E-state index is 0.458. The molecule has 4 heteroatoms. The van der Waals surface area contributed by atoms with Crippen molar-refractivity contribution in [3.05, 3.63) is 448 Å². The Labute approximate surface area is 670 Å². The van der Waals surface area contributed by atoms with Gasteiger partial charge >= 0.3 is 0 Å². The van der Waals surface area contributed by atoms with Crippen LogP contribution in [0.4, 0.5) is 28.4 Å². The first-order valence-electron chi connectivity index (χ1n) is 39.8. The van der Waals surface area contributed by atoms with Crippen molar-refractivity contribution in [1.82, 2.24) is 9.13 Å². The molecule has 0 spiro atoms. The van der Waals surface area contributed by atoms with E-state index in [0.29, 0.717) is 0 Å². The lowest BCUT2D eigenvalue weighted by molar-refractivity contribution is 0.571. The maximum Gasteiger partial charge on any atom is 0.0643 e. The van der Waals surface area contributed by atoms with Gasteiger partial charge in [0.25, 0.3) is 0 Å². The summed E-state index contributed by atoms with van der Waals surface area (Å²) in [4.78, 5) is 4.99. The number of aromatic nitrogens is 2. The van der Waals surface area contributed by atoms with Gasteiger partial charge in [-0.2, -0.15) is 0 Å². The molecular weight excluding hydrogens is 1390 g/mol. The maximum absolute atomic E-state index is 2.58. The van der Waals surface area contributed by atoms with E-state index in [1.807, 2.05) is 0 Å². The van der Waals surface area contributed by atoms with E-state index in [1.54, 1.807) is 0 Å². The summed E-state index contributed by atoms with van der Waals surface area (Å²) in [7, 11) is 0. The third-order valence-corrected chi connectivity index (χ3v) is 23.5. The molecule has 542 valence electrons. The summed E-state index contributed by atoms with van der Waals surface area (Å²) < 4.78 is 4.91. The van der Waals surface area contributed by atoms with Gasteiger partial charge in [-0.3, -0.25) is 0 Å². The Kier molecular flexibility index (Phi) is 17.1. The fourth-order valence-electron chi connectivity index (χ4n) is 18.1. The van der Waals surface area contributed by atoms with Gasteiger partial charge in [0.2, 0.25) is 0 Å². The summed E-state index contributed by atoms with van der Waals surface area (Å²) in [5, 5.41) is 9.73. The zero-order valence-corrected chi connectivity index (χ0v) is 63.6. The summed E-state index contributed by atoms with van der Waals surface area (Å²) in [5.74, 6) is 0. The number of rotatable bonds is 16. The summed E-state index contributed by atoms with van der Waals surface area (Å²) >= 11 is 0. The van der Waals surface area contributed by atoms with Gasteiger partial charge in [0.15, 0.2) is 0 Å². The van der Waals surface area contributed by atoms with Crippen molar-refractivity contribution in [2.75, 3.05) is 9.80 Å². The first kappa shape index (κ1) is 68.2. The van der Waals surface area contributed by atoms with Crippen molar-refractivity contribution in [3.63, 3.8) is 0 Å². The van der Waals surface area contributed by atoms with Gasteiger partial charge in [-0.25, -0.2) is 0 Å². The monoisotopic (exact) mass is 1470 g/mol. The Morgan fingerprint density at radius 1 is 0.243 bits per heavy atom. The molecule has 115 heavy (non-hydrogen) atoms. The lowest BCUT2D eigenvalue weighted by Crippen LogP contribution is -2.42. The third kappa shape index (κ3) is 12.4. The summed E-state index contributed by atoms with van der Waals surface area (Å²) in [5.41, 5.74) is 30.8. The number of para-hydroxylation sites is 3. The second kappa shape index (κ2) is 28.8. The topological polar surface area (TPSA) is 16.3 Å². The minimum atomic E-state index is -0.458. The lowest BCUT2D eigenvalue weighted by atomic mass is 9.85. The molecule has 0 N–H and O–H groups in total. The second-order valence-corrected chi connectivity index (χ2v) is 30.6. The van der Waals surface area contributed by atoms with Crippen molar-refractivity contribution in [2.45, 2.75) is 18.9 Å². The van der Waals surface area contributed by atoms with Gasteiger partial charge in [0.1, 0.15) is 0 Å². The van der Waals surface area contributed by atoms with Crippen LogP contribution in [0.2, 0.25) is 0 Å². The van der Waals surface area contributed by atoms with Crippen molar-refractivity contribution in [3.8, 4) is 89.3 Å². The van der Waals surface area contributed by atoms with E-state index in [4.69, 9.17) is 0 Å². The zero-order chi connectivity index (χ0) is 76.3. The molecule has 0 bridgehead atoms. The molecular formula is C111H78N4. The molecule has 0 saturated heterocycles. The Morgan fingerprint density at radius 3 is 1.03 bits per heavy atom. The Hall–Kier alpha value is -14.8. The van der Waals surface area contributed by atoms with E-state index >= 15 is 0 Å². The number of hydrogen-bond acceptors (Lipinski definition) is 2. The van der Waals surface area contributed by atoms with Gasteiger partial charge in [-0.15, -0.1) is 0 Å². The van der Waals surface area contributed by atoms with E-state index in [-0.39, 0.29) is 0 Å². The normalized spacial score (nSPS) is 13.5. The number of allylic oxidation sites excluding steroid dienone is 2. The molecule has 4 nitrogen and oxygen atoms in total. The number of hydrogen-bond donors (Lipinski definition) is 0. The molecule has 1 atom stereocenters. The first-order chi connectivity index (χ1) is 56.9. The molecule has 2 heterocycles. The second-order valence-electron chi connectivity index (χ2n) is 30.6. The van der Waals surface area contributed by atoms with Crippen molar-refractivity contribution < 1.29 is 0 Å². The average molecular weight is 1470 g/mol. The van der Waals surface area contributed by atoms with Gasteiger partial charge in [0, 0.05) is 61.4 Å². The Bertz CT molecular complexity index is 7110. The minimum Gasteiger partial charge on any atom is -0.332 e. The number of benzene rings is 18. The van der Waals surface area contributed by atoms with Crippen molar-refractivity contribution in [2.24, 2.45) is 0 Å². The molecule has 1 aliphatic carbocycles. The largest absolute Gasteiger partial charge is 0.332 e. The van der Waals surface area contributed by atoms with Gasteiger partial charge in [-0.05, 0) is 245 Å². The summed E-state index contributed by atoms with van der Waals surface area (Å²) in [6, 6.07) is 156. The van der Waals surface area contributed by atoms with Crippen LogP contribution in [0.15, 0.2) is 443 Å². The molecule has 0 radical (unpaired) electrons. The SMILES string of the molecule is CC1(N(c2cccc(-c3ccccc3)c2)c2cccc(-c3c4ccccc4cc4c3c3ccccc3n4-c3ccccc3)c2)C=CC(c2cccc(-c3cccc(-c4ccc(-n5c6ccccc6c6c(-c7cccc(N(c8cccc(-c9ccccc9)c8)c8cccc(-c9ccccc9)c8)c7)c7ccccc7cc65)cc4)c3)c2)=CC1. The van der Waals surface area contributed by atoms with E-state index in [0.717, 1.165) is 85.1 Å². The van der Waals surface area contributed by atoms with Crippen LogP contribution in [-0.2, 0) is 0 Å². The average Bonchev–Trinajstić information content (AvgIpc) is 1.57. The van der Waals surface area contributed by atoms with Crippen molar-refractivity contribution >= 4 is 99.2 Å². The number of fused-ring (bicyclic) bond motifs is 8. The number of anilines is 5. The molecule has 0 fully saturated rings. The Balaban J connectivity index is 0.607. The molecule has 1 unspecified atom stereocenters. The summed E-state index contributed by atoms with van der Waals surface area (Å²) in [6.07, 6.45) is 8.03. The van der Waals surface area contributed by atoms with E-state index in [1.165, 1.54) is 115 Å². The molecule has 1 aliphatic rings. The zero-order valence-electron chi connectivity index (χ0n) is 63.6. The highest BCUT2D eigenvalue weighted by Gasteiger charge is 2.34. The quantitative estimate of drug-likeness (QED) is 0.0959. The van der Waals surface area contributed by atoms with Gasteiger partial charge < -0.3 is 18.9 Å². The van der Waals surface area contributed by atoms with Gasteiger partial charge in [0.05, 0.1) is 27.6 Å². The van der Waals surface area contributed by atoms with E-state index in [9.17, 15) is 0 Å². The van der Waals surface area contributed by atoms with Crippen LogP contribution < -0.4 is 9.80 Å². The maximum atomic E-state index is 2.58. The number of nitrogens with zero attached hydrogens (tertiary/aromatic N) is 4. The van der Waals surface area contributed by atoms with Crippen molar-refractivity contribution in [1.29, 1.82) is 0 Å². The molecule has 18 aromatic carbocycles. The van der Waals surface area contributed by atoms with Crippen LogP contribution in [0.5, 0.6) is 0 Å². The highest BCUT2D eigenvalue weighted by atomic mass is 15.2. The van der Waals surface area contributed by atoms with Gasteiger partial charge in [-0.1, -0.05) is 322 Å². The van der Waals surface area contributed by atoms with Crippen LogP contribution >= 0.6 is 0 Å². The third-order valence-electron chi connectivity index (χ3n) is 23.5. The highest BCUT2D eigenvalue weighted by molar-refractivity contribution is 6.25. The lowest BCUT2D eigenvalue weighted by Gasteiger charge is -2.42. The van der Waals surface area contributed by atoms with Crippen LogP contribution in [0.1, 0.15) is 18.9 Å².